The van der Waals surface area contributed by atoms with E-state index in [1.54, 1.807) is 0 Å². The van der Waals surface area contributed by atoms with Gasteiger partial charge in [0.15, 0.2) is 0 Å². The first-order valence-corrected chi connectivity index (χ1v) is 18.5. The quantitative estimate of drug-likeness (QED) is 0.182. The number of benzene rings is 7. The standard InChI is InChI=1S/2C22H17NO.C7H8.5ClH.2Fe/c2*1-14-8-7-9-15(2)20(14)23-21-18-12-5-3-10-16(18)17-11-4-6-13-19(17)22(21)24;1-7-5-3-2-4-6-7;;;;;;;/h2*3-13H,1-2H3;2-6H,1H3;5*1H;;/q;;;;;;;;+2;+3/p-5. The van der Waals surface area contributed by atoms with Crippen LogP contribution in [0.4, 0.5) is 11.4 Å². The molecule has 0 bridgehead atoms. The predicted octanol–water partition coefficient (Wildman–Crippen LogP) is -2.41. The molecule has 7 aromatic carbocycles. The van der Waals surface area contributed by atoms with Crippen molar-refractivity contribution < 1.29 is 106 Å². The zero-order chi connectivity index (χ0) is 38.5. The van der Waals surface area contributed by atoms with Crippen LogP contribution in [0.3, 0.4) is 0 Å². The normalized spacial score (nSPS) is 12.1. The van der Waals surface area contributed by atoms with Gasteiger partial charge >= 0.3 is 34.1 Å². The molecule has 7 aromatic rings. The van der Waals surface area contributed by atoms with Crippen LogP contribution in [0, 0.1) is 34.6 Å². The van der Waals surface area contributed by atoms with E-state index in [4.69, 9.17) is 9.98 Å². The minimum absolute atomic E-state index is 0. The first kappa shape index (κ1) is 57.7. The number of ketones is 2. The molecule has 0 atom stereocenters. The van der Waals surface area contributed by atoms with Gasteiger partial charge in [0.1, 0.15) is 11.4 Å². The molecule has 62 heavy (non-hydrogen) atoms. The third kappa shape index (κ3) is 12.5. The number of aryl methyl sites for hydroxylation is 5. The van der Waals surface area contributed by atoms with Crippen molar-refractivity contribution in [3.8, 4) is 22.3 Å². The number of nitrogens with zero attached hydrogens (tertiary/aromatic N) is 2. The average molecular weight is 1000 g/mol. The number of rotatable bonds is 2. The summed E-state index contributed by atoms with van der Waals surface area (Å²) in [6, 6.07) is 53.9. The zero-order valence-corrected chi connectivity index (χ0v) is 40.4. The van der Waals surface area contributed by atoms with E-state index in [1.165, 1.54) is 5.56 Å². The van der Waals surface area contributed by atoms with Gasteiger partial charge in [0.05, 0.1) is 11.4 Å². The van der Waals surface area contributed by atoms with Crippen molar-refractivity contribution >= 4 is 34.4 Å². The Labute approximate surface area is 417 Å². The summed E-state index contributed by atoms with van der Waals surface area (Å²) >= 11 is 0. The number of hydrogen-bond acceptors (Lipinski definition) is 4. The van der Waals surface area contributed by atoms with Crippen LogP contribution in [0.25, 0.3) is 22.3 Å². The molecular weight excluding hydrogens is 962 g/mol. The number of Topliss-reactive ketones (excluding diaryl/α,β-unsaturated/α-hetero) is 2. The van der Waals surface area contributed by atoms with Crippen molar-refractivity contribution in [2.75, 3.05) is 0 Å². The summed E-state index contributed by atoms with van der Waals surface area (Å²) in [5.74, 6) is -0.0149. The fraction of sp³-hybridized carbons (Fsp3) is 0.0980. The Morgan fingerprint density at radius 1 is 0.306 bits per heavy atom. The van der Waals surface area contributed by atoms with Crippen LogP contribution in [0.1, 0.15) is 59.7 Å². The molecule has 0 fully saturated rings. The summed E-state index contributed by atoms with van der Waals surface area (Å²) in [4.78, 5) is 35.8. The minimum atomic E-state index is -0.00745. The van der Waals surface area contributed by atoms with E-state index in [9.17, 15) is 9.59 Å². The van der Waals surface area contributed by atoms with Gasteiger partial charge in [-0.3, -0.25) is 9.59 Å². The van der Waals surface area contributed by atoms with Crippen LogP contribution in [0.2, 0.25) is 0 Å². The van der Waals surface area contributed by atoms with Crippen molar-refractivity contribution in [2.45, 2.75) is 34.6 Å². The van der Waals surface area contributed by atoms with Gasteiger partial charge in [-0.05, 0) is 79.1 Å². The van der Waals surface area contributed by atoms with E-state index in [0.29, 0.717) is 11.4 Å². The molecule has 319 valence electrons. The topological polar surface area (TPSA) is 58.9 Å². The monoisotopic (exact) mass is 1000 g/mol. The van der Waals surface area contributed by atoms with Gasteiger partial charge in [-0.2, -0.15) is 0 Å². The summed E-state index contributed by atoms with van der Waals surface area (Å²) in [6.45, 7) is 10.2. The molecule has 9 rings (SSSR count). The van der Waals surface area contributed by atoms with Crippen LogP contribution in [-0.4, -0.2) is 23.0 Å². The maximum absolute atomic E-state index is 13.1. The van der Waals surface area contributed by atoms with Gasteiger partial charge in [0, 0.05) is 22.3 Å². The van der Waals surface area contributed by atoms with E-state index < -0.39 is 0 Å². The Morgan fingerprint density at radius 3 is 0.823 bits per heavy atom. The van der Waals surface area contributed by atoms with Gasteiger partial charge < -0.3 is 62.0 Å². The number of hydrogen-bond donors (Lipinski definition) is 0. The third-order valence-electron chi connectivity index (χ3n) is 9.98. The fourth-order valence-electron chi connectivity index (χ4n) is 7.12. The smallest absolute Gasteiger partial charge is 1.00 e. The van der Waals surface area contributed by atoms with Crippen LogP contribution in [0.5, 0.6) is 0 Å². The van der Waals surface area contributed by atoms with Crippen LogP contribution < -0.4 is 62.0 Å². The molecule has 0 spiro atoms. The Morgan fingerprint density at radius 2 is 0.548 bits per heavy atom. The van der Waals surface area contributed by atoms with Crippen molar-refractivity contribution in [3.05, 3.63) is 214 Å². The number of carbonyl (C=O) groups is 2. The van der Waals surface area contributed by atoms with Crippen molar-refractivity contribution in [1.29, 1.82) is 0 Å². The summed E-state index contributed by atoms with van der Waals surface area (Å²) in [7, 11) is 0. The Hall–Kier alpha value is -4.29. The summed E-state index contributed by atoms with van der Waals surface area (Å²) in [5, 5.41) is 0. The van der Waals surface area contributed by atoms with E-state index in [0.717, 1.165) is 78.1 Å². The van der Waals surface area contributed by atoms with Gasteiger partial charge in [0.2, 0.25) is 11.6 Å². The largest absolute Gasteiger partial charge is 3.00 e. The number of para-hydroxylation sites is 2. The van der Waals surface area contributed by atoms with Gasteiger partial charge in [-0.25, -0.2) is 9.98 Å². The second-order valence-electron chi connectivity index (χ2n) is 13.9. The van der Waals surface area contributed by atoms with Crippen LogP contribution in [0.15, 0.2) is 174 Å². The van der Waals surface area contributed by atoms with Crippen LogP contribution in [-0.2, 0) is 34.1 Å². The Balaban J connectivity index is 0.000000944. The second-order valence-corrected chi connectivity index (χ2v) is 13.9. The van der Waals surface area contributed by atoms with Crippen molar-refractivity contribution in [3.63, 3.8) is 0 Å². The minimum Gasteiger partial charge on any atom is -1.00 e. The summed E-state index contributed by atoms with van der Waals surface area (Å²) in [5.41, 5.74) is 15.8. The van der Waals surface area contributed by atoms with E-state index >= 15 is 0 Å². The second kappa shape index (κ2) is 26.4. The molecule has 2 aliphatic carbocycles. The van der Waals surface area contributed by atoms with Crippen molar-refractivity contribution in [2.24, 2.45) is 9.98 Å². The molecule has 11 heteroatoms. The zero-order valence-electron chi connectivity index (χ0n) is 34.4. The van der Waals surface area contributed by atoms with E-state index in [2.05, 4.69) is 31.2 Å². The van der Waals surface area contributed by atoms with Gasteiger partial charge in [0.25, 0.3) is 0 Å². The first-order valence-electron chi connectivity index (χ1n) is 18.5. The number of halogens is 5. The van der Waals surface area contributed by atoms with E-state index in [1.807, 2.05) is 167 Å². The molecule has 0 unspecified atom stereocenters. The number of fused-ring (bicyclic) bond motifs is 6. The Kier molecular flexibility index (Phi) is 24.5. The number of aliphatic imine (C=N–C) groups is 2. The van der Waals surface area contributed by atoms with E-state index in [-0.39, 0.29) is 108 Å². The maximum Gasteiger partial charge on any atom is 3.00 e. The average Bonchev–Trinajstić information content (AvgIpc) is 3.21. The summed E-state index contributed by atoms with van der Waals surface area (Å²) in [6.07, 6.45) is 0. The summed E-state index contributed by atoms with van der Waals surface area (Å²) < 4.78 is 0. The molecule has 0 aliphatic heterocycles. The molecule has 0 N–H and O–H groups in total. The molecule has 0 aromatic heterocycles. The number of carbonyl (C=O) groups excluding carboxylic acids is 2. The first-order chi connectivity index (χ1) is 26.7. The molecule has 0 saturated heterocycles. The molecule has 0 amide bonds. The van der Waals surface area contributed by atoms with Crippen LogP contribution >= 0.6 is 0 Å². The van der Waals surface area contributed by atoms with Crippen molar-refractivity contribution in [1.82, 2.24) is 0 Å². The SMILES string of the molecule is Cc1cccc(C)c1N=C1C(=O)c2ccccc2-c2ccccc21.Cc1cccc(C)c1N=C1C(=O)c2ccccc2-c2ccccc21.Cc1ccccc1.[Cl-].[Cl-].[Cl-].[Cl-].[Cl-].[Fe+2].[Fe+3]. The van der Waals surface area contributed by atoms with Gasteiger partial charge in [-0.1, -0.05) is 169 Å². The molecule has 0 heterocycles. The third-order valence-corrected chi connectivity index (χ3v) is 9.98. The molecule has 2 aliphatic rings. The molecule has 1 radical (unpaired) electrons. The van der Waals surface area contributed by atoms with Gasteiger partial charge in [-0.15, -0.1) is 0 Å². The Bertz CT molecular complexity index is 2460. The molecule has 0 saturated carbocycles. The molecular formula is C51H42Cl5Fe2N2O2. The maximum atomic E-state index is 13.1. The predicted molar refractivity (Wildman–Crippen MR) is 228 cm³/mol. The fourth-order valence-corrected chi connectivity index (χ4v) is 7.12. The molecule has 4 nitrogen and oxygen atoms in total.